The number of nitrogens with one attached hydrogen (secondary N) is 2. The second-order valence-corrected chi connectivity index (χ2v) is 7.85. The molecule has 1 heterocycles. The molecule has 5 heteroatoms. The SMILES string of the molecule is CCNC(=NCC(C(C)C)N1CCN(C)CC1)NC1CCCCC1. The van der Waals surface area contributed by atoms with Crippen LogP contribution in [0.1, 0.15) is 52.9 Å². The van der Waals surface area contributed by atoms with E-state index in [-0.39, 0.29) is 0 Å². The second kappa shape index (κ2) is 10.2. The molecule has 1 saturated carbocycles. The van der Waals surface area contributed by atoms with Gasteiger partial charge in [-0.1, -0.05) is 33.1 Å². The molecular formula is C19H39N5. The molecule has 0 amide bonds. The zero-order chi connectivity index (χ0) is 17.4. The summed E-state index contributed by atoms with van der Waals surface area (Å²) >= 11 is 0. The molecule has 5 nitrogen and oxygen atoms in total. The fourth-order valence-corrected chi connectivity index (χ4v) is 3.85. The maximum Gasteiger partial charge on any atom is 0.191 e. The highest BCUT2D eigenvalue weighted by Crippen LogP contribution is 2.17. The molecule has 0 spiro atoms. The topological polar surface area (TPSA) is 42.9 Å². The van der Waals surface area contributed by atoms with Crippen LogP contribution in [-0.4, -0.2) is 74.2 Å². The van der Waals surface area contributed by atoms with E-state index in [0.29, 0.717) is 18.0 Å². The van der Waals surface area contributed by atoms with E-state index in [2.05, 4.69) is 48.3 Å². The van der Waals surface area contributed by atoms with E-state index in [1.165, 1.54) is 58.3 Å². The van der Waals surface area contributed by atoms with Gasteiger partial charge < -0.3 is 15.5 Å². The highest BCUT2D eigenvalue weighted by molar-refractivity contribution is 5.80. The summed E-state index contributed by atoms with van der Waals surface area (Å²) in [6.45, 7) is 13.3. The summed E-state index contributed by atoms with van der Waals surface area (Å²) in [4.78, 5) is 10.0. The minimum absolute atomic E-state index is 0.542. The summed E-state index contributed by atoms with van der Waals surface area (Å²) in [5.74, 6) is 1.65. The number of guanidine groups is 1. The van der Waals surface area contributed by atoms with E-state index >= 15 is 0 Å². The third-order valence-electron chi connectivity index (χ3n) is 5.50. The average Bonchev–Trinajstić information content (AvgIpc) is 2.57. The lowest BCUT2D eigenvalue weighted by atomic mass is 9.96. The molecule has 1 unspecified atom stereocenters. The summed E-state index contributed by atoms with van der Waals surface area (Å²) in [5, 5.41) is 7.12. The lowest BCUT2D eigenvalue weighted by Crippen LogP contribution is -2.52. The van der Waals surface area contributed by atoms with E-state index in [4.69, 9.17) is 4.99 Å². The van der Waals surface area contributed by atoms with Crippen LogP contribution in [0.15, 0.2) is 4.99 Å². The van der Waals surface area contributed by atoms with Crippen molar-refractivity contribution >= 4 is 5.96 Å². The summed E-state index contributed by atoms with van der Waals surface area (Å²) < 4.78 is 0. The van der Waals surface area contributed by atoms with Crippen molar-refractivity contribution in [3.8, 4) is 0 Å². The van der Waals surface area contributed by atoms with Crippen LogP contribution in [0.4, 0.5) is 0 Å². The molecule has 0 aromatic carbocycles. The van der Waals surface area contributed by atoms with Crippen molar-refractivity contribution in [3.63, 3.8) is 0 Å². The number of piperazine rings is 1. The fraction of sp³-hybridized carbons (Fsp3) is 0.947. The van der Waals surface area contributed by atoms with E-state index in [1.54, 1.807) is 0 Å². The maximum absolute atomic E-state index is 4.96. The smallest absolute Gasteiger partial charge is 0.191 e. The average molecular weight is 338 g/mol. The Kier molecular flexibility index (Phi) is 8.33. The number of hydrogen-bond donors (Lipinski definition) is 2. The molecule has 0 aromatic heterocycles. The minimum atomic E-state index is 0.542. The van der Waals surface area contributed by atoms with Crippen LogP contribution < -0.4 is 10.6 Å². The number of aliphatic imine (C=N–C) groups is 1. The molecule has 2 aliphatic rings. The van der Waals surface area contributed by atoms with Crippen molar-refractivity contribution in [2.24, 2.45) is 10.9 Å². The predicted molar refractivity (Wildman–Crippen MR) is 104 cm³/mol. The van der Waals surface area contributed by atoms with Gasteiger partial charge in [-0.05, 0) is 32.7 Å². The van der Waals surface area contributed by atoms with Crippen molar-refractivity contribution < 1.29 is 0 Å². The van der Waals surface area contributed by atoms with Gasteiger partial charge in [-0.15, -0.1) is 0 Å². The van der Waals surface area contributed by atoms with Crippen molar-refractivity contribution in [2.45, 2.75) is 65.0 Å². The highest BCUT2D eigenvalue weighted by Gasteiger charge is 2.25. The Hall–Kier alpha value is -0.810. The zero-order valence-electron chi connectivity index (χ0n) is 16.4. The Morgan fingerprint density at radius 2 is 1.75 bits per heavy atom. The van der Waals surface area contributed by atoms with Crippen molar-refractivity contribution in [3.05, 3.63) is 0 Å². The van der Waals surface area contributed by atoms with Gasteiger partial charge in [0, 0.05) is 44.8 Å². The highest BCUT2D eigenvalue weighted by atomic mass is 15.3. The summed E-state index contributed by atoms with van der Waals surface area (Å²) in [7, 11) is 2.22. The summed E-state index contributed by atoms with van der Waals surface area (Å²) in [6.07, 6.45) is 6.68. The Morgan fingerprint density at radius 3 is 2.33 bits per heavy atom. The molecule has 2 N–H and O–H groups in total. The van der Waals surface area contributed by atoms with Crippen LogP contribution in [0.25, 0.3) is 0 Å². The molecule has 1 saturated heterocycles. The standard InChI is InChI=1S/C19H39N5/c1-5-20-19(22-17-9-7-6-8-10-17)21-15-18(16(2)3)24-13-11-23(4)12-14-24/h16-18H,5-15H2,1-4H3,(H2,20,21,22). The summed E-state index contributed by atoms with van der Waals surface area (Å²) in [5.41, 5.74) is 0. The maximum atomic E-state index is 4.96. The monoisotopic (exact) mass is 337 g/mol. The molecule has 1 aliphatic heterocycles. The fourth-order valence-electron chi connectivity index (χ4n) is 3.85. The van der Waals surface area contributed by atoms with Gasteiger partial charge in [-0.3, -0.25) is 9.89 Å². The van der Waals surface area contributed by atoms with Crippen molar-refractivity contribution in [1.29, 1.82) is 0 Å². The molecule has 140 valence electrons. The van der Waals surface area contributed by atoms with Crippen LogP contribution in [0, 0.1) is 5.92 Å². The molecular weight excluding hydrogens is 298 g/mol. The van der Waals surface area contributed by atoms with Crippen molar-refractivity contribution in [1.82, 2.24) is 20.4 Å². The quantitative estimate of drug-likeness (QED) is 0.576. The first-order valence-corrected chi connectivity index (χ1v) is 10.1. The predicted octanol–water partition coefficient (Wildman–Crippen LogP) is 2.15. The second-order valence-electron chi connectivity index (χ2n) is 7.85. The lowest BCUT2D eigenvalue weighted by molar-refractivity contribution is 0.0925. The molecule has 24 heavy (non-hydrogen) atoms. The third kappa shape index (κ3) is 6.25. The van der Waals surface area contributed by atoms with E-state index in [9.17, 15) is 0 Å². The number of rotatable bonds is 6. The van der Waals surface area contributed by atoms with Gasteiger partial charge in [0.05, 0.1) is 6.54 Å². The summed E-state index contributed by atoms with van der Waals surface area (Å²) in [6, 6.07) is 1.15. The van der Waals surface area contributed by atoms with Crippen LogP contribution in [0.2, 0.25) is 0 Å². The molecule has 0 radical (unpaired) electrons. The lowest BCUT2D eigenvalue weighted by Gasteiger charge is -2.39. The van der Waals surface area contributed by atoms with Gasteiger partial charge >= 0.3 is 0 Å². The largest absolute Gasteiger partial charge is 0.357 e. The van der Waals surface area contributed by atoms with E-state index in [0.717, 1.165) is 19.0 Å². The third-order valence-corrected chi connectivity index (χ3v) is 5.50. The van der Waals surface area contributed by atoms with E-state index < -0.39 is 0 Å². The Bertz CT molecular complexity index is 368. The number of likely N-dealkylation sites (N-methyl/N-ethyl adjacent to an activating group) is 1. The van der Waals surface area contributed by atoms with Gasteiger partial charge in [-0.2, -0.15) is 0 Å². The number of nitrogens with zero attached hydrogens (tertiary/aromatic N) is 3. The van der Waals surface area contributed by atoms with Crippen molar-refractivity contribution in [2.75, 3.05) is 46.3 Å². The Balaban J connectivity index is 1.92. The first-order chi connectivity index (χ1) is 11.6. The van der Waals surface area contributed by atoms with Crippen LogP contribution in [0.3, 0.4) is 0 Å². The molecule has 1 aliphatic carbocycles. The first kappa shape index (κ1) is 19.5. The Morgan fingerprint density at radius 1 is 1.08 bits per heavy atom. The Labute approximate surface area is 149 Å². The first-order valence-electron chi connectivity index (χ1n) is 10.1. The number of hydrogen-bond acceptors (Lipinski definition) is 3. The van der Waals surface area contributed by atoms with Crippen LogP contribution in [0.5, 0.6) is 0 Å². The molecule has 1 atom stereocenters. The van der Waals surface area contributed by atoms with Gasteiger partial charge in [0.25, 0.3) is 0 Å². The van der Waals surface area contributed by atoms with Gasteiger partial charge in [0.1, 0.15) is 0 Å². The molecule has 0 bridgehead atoms. The van der Waals surface area contributed by atoms with Gasteiger partial charge in [0.2, 0.25) is 0 Å². The normalized spacial score (nSPS) is 23.5. The van der Waals surface area contributed by atoms with Gasteiger partial charge in [0.15, 0.2) is 5.96 Å². The van der Waals surface area contributed by atoms with E-state index in [1.807, 2.05) is 0 Å². The zero-order valence-corrected chi connectivity index (χ0v) is 16.4. The molecule has 2 fully saturated rings. The minimum Gasteiger partial charge on any atom is -0.357 e. The van der Waals surface area contributed by atoms with Crippen LogP contribution in [-0.2, 0) is 0 Å². The van der Waals surface area contributed by atoms with Gasteiger partial charge in [-0.25, -0.2) is 0 Å². The molecule has 2 rings (SSSR count). The molecule has 0 aromatic rings. The van der Waals surface area contributed by atoms with Crippen LogP contribution >= 0.6 is 0 Å².